The number of hydrogen-bond acceptors (Lipinski definition) is 4. The number of likely N-dealkylation sites (tertiary alicyclic amines) is 1. The summed E-state index contributed by atoms with van der Waals surface area (Å²) in [7, 11) is 4.33. The molecule has 4 heteroatoms. The molecule has 1 aromatic heterocycles. The number of aromatic nitrogens is 1. The first-order valence-electron chi connectivity index (χ1n) is 7.24. The van der Waals surface area contributed by atoms with Crippen LogP contribution in [0.2, 0.25) is 0 Å². The topological polar surface area (TPSA) is 31.4 Å². The van der Waals surface area contributed by atoms with Gasteiger partial charge in [0.2, 0.25) is 0 Å². The molecule has 1 unspecified atom stereocenters. The third-order valence-electron chi connectivity index (χ3n) is 3.70. The van der Waals surface area contributed by atoms with Gasteiger partial charge in [-0.15, -0.1) is 0 Å². The molecule has 0 radical (unpaired) electrons. The van der Waals surface area contributed by atoms with Crippen LogP contribution in [0.15, 0.2) is 24.5 Å². The van der Waals surface area contributed by atoms with Gasteiger partial charge in [-0.05, 0) is 45.1 Å². The fourth-order valence-corrected chi connectivity index (χ4v) is 2.78. The standard InChI is InChI=1S/C15H26N4/c1-18(2)13-15-6-4-9-19(15)10-8-17-12-14-5-3-7-16-11-14/h3,5,7,11,15,17H,4,6,8-10,12-13H2,1-2H3. The third kappa shape index (κ3) is 4.90. The fourth-order valence-electron chi connectivity index (χ4n) is 2.78. The SMILES string of the molecule is CN(C)CC1CCCN1CCNCc1cccnc1. The predicted molar refractivity (Wildman–Crippen MR) is 79.1 cm³/mol. The third-order valence-corrected chi connectivity index (χ3v) is 3.70. The number of nitrogens with zero attached hydrogens (tertiary/aromatic N) is 3. The van der Waals surface area contributed by atoms with Gasteiger partial charge < -0.3 is 10.2 Å². The summed E-state index contributed by atoms with van der Waals surface area (Å²) >= 11 is 0. The van der Waals surface area contributed by atoms with Gasteiger partial charge in [-0.3, -0.25) is 9.88 Å². The van der Waals surface area contributed by atoms with Crippen molar-refractivity contribution in [1.29, 1.82) is 0 Å². The van der Waals surface area contributed by atoms with E-state index in [9.17, 15) is 0 Å². The maximum Gasteiger partial charge on any atom is 0.0312 e. The molecule has 1 aliphatic rings. The van der Waals surface area contributed by atoms with Crippen LogP contribution in [0.1, 0.15) is 18.4 Å². The average Bonchev–Trinajstić information content (AvgIpc) is 2.82. The van der Waals surface area contributed by atoms with Gasteiger partial charge in [-0.25, -0.2) is 0 Å². The molecule has 2 rings (SSSR count). The molecule has 4 nitrogen and oxygen atoms in total. The van der Waals surface area contributed by atoms with Crippen molar-refractivity contribution >= 4 is 0 Å². The van der Waals surface area contributed by atoms with Gasteiger partial charge in [0.25, 0.3) is 0 Å². The van der Waals surface area contributed by atoms with Crippen LogP contribution in [-0.2, 0) is 6.54 Å². The Hall–Kier alpha value is -0.970. The second kappa shape index (κ2) is 7.58. The Morgan fingerprint density at radius 1 is 1.47 bits per heavy atom. The molecular formula is C15H26N4. The fraction of sp³-hybridized carbons (Fsp3) is 0.667. The average molecular weight is 262 g/mol. The molecule has 0 saturated carbocycles. The summed E-state index contributed by atoms with van der Waals surface area (Å²) in [5.41, 5.74) is 1.26. The van der Waals surface area contributed by atoms with E-state index in [-0.39, 0.29) is 0 Å². The van der Waals surface area contributed by atoms with Crippen molar-refractivity contribution in [3.8, 4) is 0 Å². The lowest BCUT2D eigenvalue weighted by Crippen LogP contribution is -2.40. The molecule has 1 aromatic rings. The summed E-state index contributed by atoms with van der Waals surface area (Å²) in [6, 6.07) is 4.85. The lowest BCUT2D eigenvalue weighted by molar-refractivity contribution is 0.208. The Morgan fingerprint density at radius 2 is 2.37 bits per heavy atom. The number of likely N-dealkylation sites (N-methyl/N-ethyl adjacent to an activating group) is 1. The number of pyridine rings is 1. The first kappa shape index (κ1) is 14.4. The lowest BCUT2D eigenvalue weighted by Gasteiger charge is -2.27. The predicted octanol–water partition coefficient (Wildman–Crippen LogP) is 1.20. The number of hydrogen-bond donors (Lipinski definition) is 1. The highest BCUT2D eigenvalue weighted by Gasteiger charge is 2.23. The number of nitrogens with one attached hydrogen (secondary N) is 1. The molecule has 106 valence electrons. The normalized spacial score (nSPS) is 20.3. The van der Waals surface area contributed by atoms with Gasteiger partial charge in [0.1, 0.15) is 0 Å². The molecule has 0 amide bonds. The second-order valence-electron chi connectivity index (χ2n) is 5.63. The van der Waals surface area contributed by atoms with Crippen LogP contribution >= 0.6 is 0 Å². The molecule has 0 aromatic carbocycles. The van der Waals surface area contributed by atoms with Crippen LogP contribution in [0.3, 0.4) is 0 Å². The van der Waals surface area contributed by atoms with Gasteiger partial charge in [-0.1, -0.05) is 6.07 Å². The van der Waals surface area contributed by atoms with Crippen molar-refractivity contribution in [2.24, 2.45) is 0 Å². The zero-order valence-electron chi connectivity index (χ0n) is 12.2. The Kier molecular flexibility index (Phi) is 5.76. The van der Waals surface area contributed by atoms with E-state index in [0.717, 1.165) is 25.7 Å². The first-order chi connectivity index (χ1) is 9.25. The summed E-state index contributed by atoms with van der Waals surface area (Å²) in [5.74, 6) is 0. The number of rotatable bonds is 7. The van der Waals surface area contributed by atoms with Crippen molar-refractivity contribution in [2.75, 3.05) is 40.3 Å². The zero-order valence-corrected chi connectivity index (χ0v) is 12.2. The van der Waals surface area contributed by atoms with E-state index >= 15 is 0 Å². The highest BCUT2D eigenvalue weighted by atomic mass is 15.2. The van der Waals surface area contributed by atoms with Crippen LogP contribution in [0, 0.1) is 0 Å². The maximum atomic E-state index is 4.13. The molecule has 19 heavy (non-hydrogen) atoms. The smallest absolute Gasteiger partial charge is 0.0312 e. The quantitative estimate of drug-likeness (QED) is 0.748. The molecular weight excluding hydrogens is 236 g/mol. The molecule has 0 aliphatic carbocycles. The largest absolute Gasteiger partial charge is 0.311 e. The van der Waals surface area contributed by atoms with E-state index in [2.05, 4.69) is 40.3 Å². The van der Waals surface area contributed by atoms with Gasteiger partial charge in [0, 0.05) is 44.6 Å². The minimum atomic E-state index is 0.746. The summed E-state index contributed by atoms with van der Waals surface area (Å²) in [5, 5.41) is 3.51. The first-order valence-corrected chi connectivity index (χ1v) is 7.24. The summed E-state index contributed by atoms with van der Waals surface area (Å²) < 4.78 is 0. The van der Waals surface area contributed by atoms with E-state index in [1.807, 2.05) is 18.5 Å². The molecule has 1 saturated heterocycles. The Balaban J connectivity index is 1.65. The molecule has 1 aliphatic heterocycles. The molecule has 0 bridgehead atoms. The van der Waals surface area contributed by atoms with Crippen molar-refractivity contribution in [2.45, 2.75) is 25.4 Å². The van der Waals surface area contributed by atoms with E-state index in [1.165, 1.54) is 31.5 Å². The van der Waals surface area contributed by atoms with Crippen LogP contribution < -0.4 is 5.32 Å². The molecule has 0 spiro atoms. The zero-order chi connectivity index (χ0) is 13.5. The molecule has 1 N–H and O–H groups in total. The van der Waals surface area contributed by atoms with E-state index in [0.29, 0.717) is 0 Å². The van der Waals surface area contributed by atoms with Crippen LogP contribution in [0.4, 0.5) is 0 Å². The monoisotopic (exact) mass is 262 g/mol. The lowest BCUT2D eigenvalue weighted by atomic mass is 10.2. The van der Waals surface area contributed by atoms with E-state index in [1.54, 1.807) is 0 Å². The van der Waals surface area contributed by atoms with Crippen molar-refractivity contribution in [3.05, 3.63) is 30.1 Å². The van der Waals surface area contributed by atoms with E-state index < -0.39 is 0 Å². The second-order valence-corrected chi connectivity index (χ2v) is 5.63. The maximum absolute atomic E-state index is 4.13. The van der Waals surface area contributed by atoms with Crippen LogP contribution in [0.25, 0.3) is 0 Å². The highest BCUT2D eigenvalue weighted by molar-refractivity contribution is 5.07. The Labute approximate surface area is 116 Å². The van der Waals surface area contributed by atoms with Crippen molar-refractivity contribution < 1.29 is 0 Å². The van der Waals surface area contributed by atoms with Crippen molar-refractivity contribution in [1.82, 2.24) is 20.1 Å². The highest BCUT2D eigenvalue weighted by Crippen LogP contribution is 2.16. The minimum absolute atomic E-state index is 0.746. The Morgan fingerprint density at radius 3 is 3.11 bits per heavy atom. The van der Waals surface area contributed by atoms with Gasteiger partial charge in [0.05, 0.1) is 0 Å². The Bertz CT molecular complexity index is 352. The van der Waals surface area contributed by atoms with Crippen molar-refractivity contribution in [3.63, 3.8) is 0 Å². The summed E-state index contributed by atoms with van der Waals surface area (Å²) in [6.07, 6.45) is 6.44. The van der Waals surface area contributed by atoms with Crippen LogP contribution in [-0.4, -0.2) is 61.1 Å². The van der Waals surface area contributed by atoms with Gasteiger partial charge in [0.15, 0.2) is 0 Å². The van der Waals surface area contributed by atoms with E-state index in [4.69, 9.17) is 0 Å². The summed E-state index contributed by atoms with van der Waals surface area (Å²) in [6.45, 7) is 5.56. The molecule has 1 fully saturated rings. The molecule has 1 atom stereocenters. The van der Waals surface area contributed by atoms with Crippen LogP contribution in [0.5, 0.6) is 0 Å². The van der Waals surface area contributed by atoms with Gasteiger partial charge in [-0.2, -0.15) is 0 Å². The summed E-state index contributed by atoms with van der Waals surface area (Å²) in [4.78, 5) is 9.05. The minimum Gasteiger partial charge on any atom is -0.311 e. The molecule has 2 heterocycles. The van der Waals surface area contributed by atoms with Gasteiger partial charge >= 0.3 is 0 Å².